The van der Waals surface area contributed by atoms with Gasteiger partial charge in [-0.1, -0.05) is 30.6 Å². The fraction of sp³-hybridized carbons (Fsp3) is 0.294. The molecule has 2 aromatic heterocycles. The topological polar surface area (TPSA) is 140 Å². The minimum absolute atomic E-state index is 0.0346. The molecule has 2 heterocycles. The second-order valence-corrected chi connectivity index (χ2v) is 5.63. The van der Waals surface area contributed by atoms with E-state index >= 15 is 0 Å². The van der Waals surface area contributed by atoms with E-state index in [1.165, 1.54) is 13.3 Å². The smallest absolute Gasteiger partial charge is 0.270 e. The summed E-state index contributed by atoms with van der Waals surface area (Å²) in [5, 5.41) is 18.5. The number of para-hydroxylation sites is 2. The fourth-order valence-corrected chi connectivity index (χ4v) is 2.26. The van der Waals surface area contributed by atoms with E-state index in [-0.39, 0.29) is 23.3 Å². The van der Waals surface area contributed by atoms with Gasteiger partial charge in [-0.15, -0.1) is 5.10 Å². The Labute approximate surface area is 160 Å². The van der Waals surface area contributed by atoms with Crippen LogP contribution in [-0.4, -0.2) is 50.2 Å². The van der Waals surface area contributed by atoms with Gasteiger partial charge in [-0.25, -0.2) is 4.98 Å². The number of benzene rings is 1. The molecule has 1 amide bonds. The van der Waals surface area contributed by atoms with Crippen molar-refractivity contribution >= 4 is 23.5 Å². The van der Waals surface area contributed by atoms with E-state index in [1.54, 1.807) is 0 Å². The van der Waals surface area contributed by atoms with Crippen molar-refractivity contribution in [1.82, 2.24) is 30.6 Å². The third kappa shape index (κ3) is 4.69. The number of amides is 1. The van der Waals surface area contributed by atoms with E-state index in [1.807, 2.05) is 24.3 Å². The number of rotatable bonds is 9. The largest absolute Gasteiger partial charge is 0.491 e. The molecule has 0 spiro atoms. The molecule has 0 aliphatic heterocycles. The van der Waals surface area contributed by atoms with Crippen molar-refractivity contribution in [1.29, 1.82) is 0 Å². The van der Waals surface area contributed by atoms with Gasteiger partial charge in [0, 0.05) is 6.20 Å². The van der Waals surface area contributed by atoms with Gasteiger partial charge < -0.3 is 14.8 Å². The summed E-state index contributed by atoms with van der Waals surface area (Å²) in [6.07, 6.45) is 3.36. The minimum Gasteiger partial charge on any atom is -0.491 e. The Kier molecular flexibility index (Phi) is 6.29. The summed E-state index contributed by atoms with van der Waals surface area (Å²) in [4.78, 5) is 20.8. The quantitative estimate of drug-likeness (QED) is 0.473. The number of ether oxygens (including phenoxy) is 2. The van der Waals surface area contributed by atoms with Crippen molar-refractivity contribution in [2.75, 3.05) is 24.4 Å². The third-order valence-electron chi connectivity index (χ3n) is 3.65. The van der Waals surface area contributed by atoms with E-state index < -0.39 is 5.91 Å². The molecule has 0 saturated heterocycles. The van der Waals surface area contributed by atoms with Gasteiger partial charge in [0.2, 0.25) is 11.8 Å². The van der Waals surface area contributed by atoms with E-state index in [4.69, 9.17) is 9.47 Å². The maximum absolute atomic E-state index is 12.3. The van der Waals surface area contributed by atoms with Gasteiger partial charge in [0.1, 0.15) is 11.3 Å². The van der Waals surface area contributed by atoms with Crippen LogP contribution in [0.2, 0.25) is 0 Å². The molecule has 0 saturated carbocycles. The fourth-order valence-electron chi connectivity index (χ4n) is 2.26. The summed E-state index contributed by atoms with van der Waals surface area (Å²) in [6.45, 7) is 2.72. The Hall–Kier alpha value is -3.76. The molecular weight excluding hydrogens is 364 g/mol. The van der Waals surface area contributed by atoms with Crippen LogP contribution in [0.3, 0.4) is 0 Å². The highest BCUT2D eigenvalue weighted by atomic mass is 16.5. The molecule has 0 fully saturated rings. The zero-order valence-corrected chi connectivity index (χ0v) is 15.5. The molecular formula is C17H20N8O3. The van der Waals surface area contributed by atoms with E-state index in [2.05, 4.69) is 48.1 Å². The Morgan fingerprint density at radius 3 is 2.86 bits per heavy atom. The molecule has 0 atom stereocenters. The number of carbonyl (C=O) groups excluding carboxylic acids is 1. The first kappa shape index (κ1) is 19.0. The van der Waals surface area contributed by atoms with Crippen LogP contribution in [0.15, 0.2) is 30.5 Å². The van der Waals surface area contributed by atoms with Crippen LogP contribution in [0.4, 0.5) is 17.6 Å². The van der Waals surface area contributed by atoms with Crippen molar-refractivity contribution < 1.29 is 14.3 Å². The molecule has 3 aromatic rings. The highest BCUT2D eigenvalue weighted by molar-refractivity contribution is 6.04. The summed E-state index contributed by atoms with van der Waals surface area (Å²) in [6, 6.07) is 7.48. The molecule has 0 radical (unpaired) electrons. The van der Waals surface area contributed by atoms with E-state index in [9.17, 15) is 4.79 Å². The van der Waals surface area contributed by atoms with Gasteiger partial charge in [0.25, 0.3) is 11.9 Å². The van der Waals surface area contributed by atoms with Crippen LogP contribution in [0.25, 0.3) is 0 Å². The number of unbranched alkanes of at least 4 members (excludes halogenated alkanes) is 1. The first-order valence-corrected chi connectivity index (χ1v) is 8.66. The standard InChI is InChI=1S/C17H20N8O3/c1-3-4-9-28-13-8-6-5-7-12(13)19-16-18-10-11(15(21-16)27-2)14(26)20-17-22-24-25-23-17/h5-8,10H,3-4,9H2,1-2H3,(H,18,19,21)(H2,20,22,23,24,25,26). The molecule has 3 rings (SSSR count). The molecule has 0 aliphatic rings. The number of aromatic amines is 1. The summed E-state index contributed by atoms with van der Waals surface area (Å²) in [5.74, 6) is 0.570. The Bertz CT molecular complexity index is 917. The average molecular weight is 384 g/mol. The number of anilines is 3. The monoisotopic (exact) mass is 384 g/mol. The molecule has 28 heavy (non-hydrogen) atoms. The summed E-state index contributed by atoms with van der Waals surface area (Å²) < 4.78 is 11.0. The molecule has 0 unspecified atom stereocenters. The van der Waals surface area contributed by atoms with Crippen LogP contribution in [0.5, 0.6) is 11.6 Å². The number of hydrogen-bond acceptors (Lipinski definition) is 9. The van der Waals surface area contributed by atoms with Crippen LogP contribution in [0.1, 0.15) is 30.1 Å². The van der Waals surface area contributed by atoms with Gasteiger partial charge in [-0.3, -0.25) is 10.1 Å². The van der Waals surface area contributed by atoms with Gasteiger partial charge in [0.15, 0.2) is 0 Å². The van der Waals surface area contributed by atoms with Crippen molar-refractivity contribution in [3.8, 4) is 11.6 Å². The van der Waals surface area contributed by atoms with Crippen molar-refractivity contribution in [2.45, 2.75) is 19.8 Å². The molecule has 1 aromatic carbocycles. The van der Waals surface area contributed by atoms with Crippen molar-refractivity contribution in [3.05, 3.63) is 36.0 Å². The van der Waals surface area contributed by atoms with Gasteiger partial charge in [0.05, 0.1) is 19.4 Å². The number of carbonyl (C=O) groups is 1. The first-order valence-electron chi connectivity index (χ1n) is 8.66. The lowest BCUT2D eigenvalue weighted by molar-refractivity contribution is 0.102. The lowest BCUT2D eigenvalue weighted by atomic mass is 10.3. The number of nitrogens with one attached hydrogen (secondary N) is 3. The zero-order chi connectivity index (χ0) is 19.8. The minimum atomic E-state index is -0.520. The summed E-state index contributed by atoms with van der Waals surface area (Å²) in [5.41, 5.74) is 0.843. The maximum Gasteiger partial charge on any atom is 0.270 e. The van der Waals surface area contributed by atoms with E-state index in [0.717, 1.165) is 12.8 Å². The second-order valence-electron chi connectivity index (χ2n) is 5.63. The first-order chi connectivity index (χ1) is 13.7. The number of methoxy groups -OCH3 is 1. The second kappa shape index (κ2) is 9.26. The number of H-pyrrole nitrogens is 1. The number of nitrogens with zero attached hydrogens (tertiary/aromatic N) is 5. The zero-order valence-electron chi connectivity index (χ0n) is 15.5. The Morgan fingerprint density at radius 2 is 2.11 bits per heavy atom. The summed E-state index contributed by atoms with van der Waals surface area (Å²) >= 11 is 0. The predicted molar refractivity (Wildman–Crippen MR) is 101 cm³/mol. The normalized spacial score (nSPS) is 10.4. The summed E-state index contributed by atoms with van der Waals surface area (Å²) in [7, 11) is 1.42. The molecule has 0 aliphatic carbocycles. The molecule has 11 nitrogen and oxygen atoms in total. The number of hydrogen-bond donors (Lipinski definition) is 3. The molecule has 0 bridgehead atoms. The van der Waals surface area contributed by atoms with Gasteiger partial charge >= 0.3 is 0 Å². The highest BCUT2D eigenvalue weighted by Crippen LogP contribution is 2.27. The van der Waals surface area contributed by atoms with Crippen LogP contribution < -0.4 is 20.1 Å². The Morgan fingerprint density at radius 1 is 1.25 bits per heavy atom. The average Bonchev–Trinajstić information content (AvgIpc) is 3.22. The Balaban J connectivity index is 1.76. The maximum atomic E-state index is 12.3. The van der Waals surface area contributed by atoms with Gasteiger partial charge in [-0.2, -0.15) is 10.2 Å². The van der Waals surface area contributed by atoms with Gasteiger partial charge in [-0.05, 0) is 23.8 Å². The van der Waals surface area contributed by atoms with Crippen LogP contribution in [0, 0.1) is 0 Å². The lowest BCUT2D eigenvalue weighted by Gasteiger charge is -2.13. The highest BCUT2D eigenvalue weighted by Gasteiger charge is 2.17. The lowest BCUT2D eigenvalue weighted by Crippen LogP contribution is -2.16. The number of aromatic nitrogens is 6. The third-order valence-corrected chi connectivity index (χ3v) is 3.65. The van der Waals surface area contributed by atoms with Crippen LogP contribution >= 0.6 is 0 Å². The predicted octanol–water partition coefficient (Wildman–Crippen LogP) is 2.17. The number of tetrazole rings is 1. The van der Waals surface area contributed by atoms with Crippen molar-refractivity contribution in [3.63, 3.8) is 0 Å². The molecule has 11 heteroatoms. The molecule has 3 N–H and O–H groups in total. The molecule has 146 valence electrons. The van der Waals surface area contributed by atoms with Crippen LogP contribution in [-0.2, 0) is 0 Å². The van der Waals surface area contributed by atoms with E-state index in [0.29, 0.717) is 18.0 Å². The van der Waals surface area contributed by atoms with Crippen molar-refractivity contribution in [2.24, 2.45) is 0 Å². The SMILES string of the molecule is CCCCOc1ccccc1Nc1ncc(C(=O)Nc2nn[nH]n2)c(OC)n1.